The Morgan fingerprint density at radius 3 is 2.33 bits per heavy atom. The Kier molecular flexibility index (Phi) is 14.0. The van der Waals surface area contributed by atoms with Crippen molar-refractivity contribution in [3.63, 3.8) is 0 Å². The number of amides is 1. The minimum atomic E-state index is -0.913. The zero-order valence-electron chi connectivity index (χ0n) is 17.0. The average molecular weight is 410 g/mol. The summed E-state index contributed by atoms with van der Waals surface area (Å²) in [5.41, 5.74) is 0. The first-order valence-electron chi connectivity index (χ1n) is 8.54. The third-order valence-corrected chi connectivity index (χ3v) is 3.41. The second-order valence-electron chi connectivity index (χ2n) is 5.44. The number of hydrogen-bond donors (Lipinski definition) is 1. The normalized spacial score (nSPS) is 10.9. The molecule has 0 aliphatic rings. The van der Waals surface area contributed by atoms with Crippen molar-refractivity contribution in [2.24, 2.45) is 0 Å². The maximum atomic E-state index is 11.7. The van der Waals surface area contributed by atoms with Crippen molar-refractivity contribution in [2.75, 3.05) is 6.54 Å². The van der Waals surface area contributed by atoms with Crippen LogP contribution >= 0.6 is 11.6 Å². The maximum Gasteiger partial charge on any atom is 1.00 e. The summed E-state index contributed by atoms with van der Waals surface area (Å²) in [6.45, 7) is 3.82. The largest absolute Gasteiger partial charge is 1.00 e. The first kappa shape index (κ1) is 25.7. The van der Waals surface area contributed by atoms with E-state index in [4.69, 9.17) is 25.8 Å². The Morgan fingerprint density at radius 1 is 1.07 bits per heavy atom. The summed E-state index contributed by atoms with van der Waals surface area (Å²) in [6.07, 6.45) is 0.191. The number of carbonyl (C=O) groups excluding carboxylic acids is 3. The molecule has 1 rings (SSSR count). The molecule has 0 fully saturated rings. The molecule has 1 amide bonds. The number of hydrogen-bond acceptors (Lipinski definition) is 6. The van der Waals surface area contributed by atoms with E-state index >= 15 is 0 Å². The molecule has 0 aliphatic carbocycles. The van der Waals surface area contributed by atoms with E-state index in [1.165, 1.54) is 0 Å². The Labute approximate surface area is 187 Å². The third kappa shape index (κ3) is 11.9. The van der Waals surface area contributed by atoms with Gasteiger partial charge in [-0.3, -0.25) is 9.59 Å². The summed E-state index contributed by atoms with van der Waals surface area (Å²) in [4.78, 5) is 34.8. The number of halogens is 1. The molecule has 9 heteroatoms. The first-order valence-corrected chi connectivity index (χ1v) is 8.92. The van der Waals surface area contributed by atoms with Gasteiger partial charge in [0.05, 0.1) is 0 Å². The predicted octanol–water partition coefficient (Wildman–Crippen LogP) is 0.948. The molecule has 0 heterocycles. The van der Waals surface area contributed by atoms with Crippen LogP contribution in [0.2, 0.25) is 5.02 Å². The zero-order chi connectivity index (χ0) is 19.4. The number of benzene rings is 1. The molecule has 1 N–H and O–H groups in total. The molecule has 1 unspecified atom stereocenters. The average Bonchev–Trinajstić information content (AvgIpc) is 2.60. The van der Waals surface area contributed by atoms with Gasteiger partial charge < -0.3 is 21.0 Å². The van der Waals surface area contributed by atoms with Crippen molar-refractivity contribution in [3.8, 4) is 5.75 Å². The maximum absolute atomic E-state index is 11.7. The summed E-state index contributed by atoms with van der Waals surface area (Å²) in [6, 6.07) is 6.44. The fourth-order valence-corrected chi connectivity index (χ4v) is 2.00. The van der Waals surface area contributed by atoms with Crippen LogP contribution in [0, 0.1) is 0 Å². The summed E-state index contributed by atoms with van der Waals surface area (Å²) in [7, 11) is 0. The van der Waals surface area contributed by atoms with Gasteiger partial charge in [-0.2, -0.15) is 0 Å². The van der Waals surface area contributed by atoms with Gasteiger partial charge in [-0.15, -0.1) is 0 Å². The van der Waals surface area contributed by atoms with Crippen LogP contribution in [-0.4, -0.2) is 30.9 Å². The third-order valence-electron chi connectivity index (χ3n) is 3.16. The number of ether oxygens (including phenoxy) is 3. The topological polar surface area (TPSA) is 90.9 Å². The van der Waals surface area contributed by atoms with Gasteiger partial charge >= 0.3 is 47.6 Å². The molecule has 0 saturated heterocycles. The Balaban J connectivity index is 0. The van der Waals surface area contributed by atoms with Crippen LogP contribution in [0.15, 0.2) is 24.3 Å². The summed E-state index contributed by atoms with van der Waals surface area (Å²) in [5.74, 6) is -0.411. The summed E-state index contributed by atoms with van der Waals surface area (Å²) < 4.78 is 15.2. The van der Waals surface area contributed by atoms with Gasteiger partial charge in [0.15, 0.2) is 0 Å². The molecule has 1 aromatic rings. The van der Waals surface area contributed by atoms with Crippen LogP contribution in [0.3, 0.4) is 0 Å². The van der Waals surface area contributed by atoms with Gasteiger partial charge in [0.25, 0.3) is 0 Å². The van der Waals surface area contributed by atoms with Crippen LogP contribution in [0.25, 0.3) is 0 Å². The smallest absolute Gasteiger partial charge is 1.00 e. The van der Waals surface area contributed by atoms with Crippen molar-refractivity contribution >= 4 is 29.6 Å². The molecule has 0 aromatic heterocycles. The molecular weight excluding hydrogens is 385 g/mol. The number of carbonyl (C=O) groups is 3. The zero-order valence-corrected chi connectivity index (χ0v) is 18.7. The Morgan fingerprint density at radius 2 is 1.74 bits per heavy atom. The van der Waals surface area contributed by atoms with Crippen LogP contribution in [-0.2, 0) is 19.1 Å². The molecule has 27 heavy (non-hydrogen) atoms. The molecule has 7 nitrogen and oxygen atoms in total. The van der Waals surface area contributed by atoms with Gasteiger partial charge in [-0.1, -0.05) is 25.4 Å². The second-order valence-corrected chi connectivity index (χ2v) is 5.88. The summed E-state index contributed by atoms with van der Waals surface area (Å²) in [5, 5.41) is 3.06. The van der Waals surface area contributed by atoms with Crippen LogP contribution in [0.5, 0.6) is 5.75 Å². The molecule has 1 aromatic carbocycles. The van der Waals surface area contributed by atoms with E-state index in [0.29, 0.717) is 30.0 Å². The molecule has 1 atom stereocenters. The van der Waals surface area contributed by atoms with Crippen molar-refractivity contribution in [3.05, 3.63) is 29.3 Å². The van der Waals surface area contributed by atoms with Crippen LogP contribution in [0.4, 0.5) is 4.79 Å². The SMILES string of the molecule is CCCC(=O)OC(CC)OC(=O)NCCCC(=O)Oc1ccc(Cl)cc1.[H-].[Na+]. The fourth-order valence-electron chi connectivity index (χ4n) is 1.87. The van der Waals surface area contributed by atoms with E-state index in [1.807, 2.05) is 6.92 Å². The molecular formula is C18H25ClNNaO6. The summed E-state index contributed by atoms with van der Waals surface area (Å²) >= 11 is 5.75. The van der Waals surface area contributed by atoms with E-state index in [2.05, 4.69) is 5.32 Å². The Bertz CT molecular complexity index is 602. The predicted molar refractivity (Wildman–Crippen MR) is 97.0 cm³/mol. The molecule has 0 bridgehead atoms. The first-order chi connectivity index (χ1) is 12.4. The minimum Gasteiger partial charge on any atom is -1.00 e. The van der Waals surface area contributed by atoms with E-state index in [1.54, 1.807) is 31.2 Å². The molecule has 146 valence electrons. The number of nitrogens with one attached hydrogen (secondary N) is 1. The number of rotatable bonds is 10. The van der Waals surface area contributed by atoms with Gasteiger partial charge in [0, 0.05) is 30.8 Å². The monoisotopic (exact) mass is 409 g/mol. The van der Waals surface area contributed by atoms with Crippen LogP contribution < -0.4 is 39.6 Å². The molecule has 0 radical (unpaired) electrons. The quantitative estimate of drug-likeness (QED) is 0.203. The van der Waals surface area contributed by atoms with Gasteiger partial charge in [0.2, 0.25) is 6.29 Å². The fraction of sp³-hybridized carbons (Fsp3) is 0.500. The number of alkyl carbamates (subject to hydrolysis) is 1. The Hall–Kier alpha value is -1.28. The van der Waals surface area contributed by atoms with E-state index in [9.17, 15) is 14.4 Å². The number of esters is 2. The van der Waals surface area contributed by atoms with Crippen LogP contribution in [0.1, 0.15) is 47.4 Å². The van der Waals surface area contributed by atoms with Crippen molar-refractivity contribution in [1.29, 1.82) is 0 Å². The minimum absolute atomic E-state index is 0. The molecule has 0 spiro atoms. The van der Waals surface area contributed by atoms with Gasteiger partial charge in [-0.05, 0) is 37.1 Å². The van der Waals surface area contributed by atoms with Gasteiger partial charge in [0.1, 0.15) is 5.75 Å². The van der Waals surface area contributed by atoms with Gasteiger partial charge in [-0.25, -0.2) is 4.79 Å². The standard InChI is InChI=1S/C18H24ClNO6.Na.H/c1-3-6-15(21)25-17(4-2)26-18(23)20-12-5-7-16(22)24-14-10-8-13(19)9-11-14;;/h8-11,17H,3-7,12H2,1-2H3,(H,20,23);;/q;+1;-1. The van der Waals surface area contributed by atoms with Crippen molar-refractivity contribution in [2.45, 2.75) is 52.2 Å². The van der Waals surface area contributed by atoms with E-state index in [0.717, 1.165) is 0 Å². The molecule has 0 saturated carbocycles. The molecule has 0 aliphatic heterocycles. The van der Waals surface area contributed by atoms with E-state index < -0.39 is 24.3 Å². The second kappa shape index (κ2) is 14.7. The van der Waals surface area contributed by atoms with Crippen molar-refractivity contribution in [1.82, 2.24) is 5.32 Å². The van der Waals surface area contributed by atoms with E-state index in [-0.39, 0.29) is 50.4 Å². The van der Waals surface area contributed by atoms with Crippen molar-refractivity contribution < 1.29 is 59.6 Å².